The molecule has 0 saturated carbocycles. The summed E-state index contributed by atoms with van der Waals surface area (Å²) in [5.74, 6) is -0.414. The number of hydrogen-bond donors (Lipinski definition) is 4. The average Bonchev–Trinajstić information content (AvgIpc) is 2.75. The second kappa shape index (κ2) is 20.0. The average molecular weight is 451 g/mol. The minimum absolute atomic E-state index is 0.558. The molecule has 8 heteroatoms. The number of carboxylic acids is 2. The van der Waals surface area contributed by atoms with Crippen molar-refractivity contribution < 1.29 is 19.8 Å². The van der Waals surface area contributed by atoms with Gasteiger partial charge in [0.1, 0.15) is 0 Å². The second-order valence-corrected chi connectivity index (χ2v) is 7.29. The molecule has 0 spiro atoms. The number of carbonyl (C=O) groups is 2. The maximum absolute atomic E-state index is 9.55. The molecule has 0 amide bonds. The minimum Gasteiger partial charge on any atom is -0.478 e. The molecule has 6 nitrogen and oxygen atoms in total. The number of aliphatic carboxylic acids is 2. The number of nitrogens with one attached hydrogen (secondary N) is 2. The van der Waals surface area contributed by atoms with E-state index in [1.165, 1.54) is 11.1 Å². The normalized spacial score (nSPS) is 9.80. The molecule has 0 radical (unpaired) electrons. The van der Waals surface area contributed by atoms with E-state index in [-0.39, 0.29) is 0 Å². The van der Waals surface area contributed by atoms with E-state index in [1.807, 2.05) is 12.1 Å². The lowest BCUT2D eigenvalue weighted by atomic mass is 10.2. The van der Waals surface area contributed by atoms with Gasteiger partial charge < -0.3 is 10.2 Å². The lowest BCUT2D eigenvalue weighted by Crippen LogP contribution is -2.00. The van der Waals surface area contributed by atoms with Crippen molar-refractivity contribution in [2.45, 2.75) is 25.4 Å². The third-order valence-corrected chi connectivity index (χ3v) is 4.97. The smallest absolute Gasteiger partial charge is 0.328 e. The molecule has 2 aromatic carbocycles. The van der Waals surface area contributed by atoms with Gasteiger partial charge in [-0.1, -0.05) is 98.4 Å². The zero-order chi connectivity index (χ0) is 22.5. The quantitative estimate of drug-likeness (QED) is 0.237. The number of hydrogen-bond acceptors (Lipinski definition) is 6. The number of benzene rings is 2. The van der Waals surface area contributed by atoms with Gasteiger partial charge in [0.05, 0.1) is 0 Å². The van der Waals surface area contributed by atoms with E-state index in [0.29, 0.717) is 12.2 Å². The highest BCUT2D eigenvalue weighted by Crippen LogP contribution is 2.08. The summed E-state index contributed by atoms with van der Waals surface area (Å²) in [6.45, 7) is 6.27. The van der Waals surface area contributed by atoms with Crippen LogP contribution in [0.4, 0.5) is 0 Å². The van der Waals surface area contributed by atoms with E-state index in [2.05, 4.69) is 71.8 Å². The molecule has 0 aliphatic heterocycles. The maximum atomic E-state index is 9.55. The van der Waals surface area contributed by atoms with Gasteiger partial charge in [-0.3, -0.25) is 9.44 Å². The van der Waals surface area contributed by atoms with Crippen molar-refractivity contribution in [2.24, 2.45) is 0 Å². The molecule has 164 valence electrons. The van der Waals surface area contributed by atoms with E-state index in [9.17, 15) is 9.59 Å². The van der Waals surface area contributed by atoms with Crippen molar-refractivity contribution >= 4 is 35.8 Å². The molecule has 0 unspecified atom stereocenters. The van der Waals surface area contributed by atoms with Crippen LogP contribution in [0.1, 0.15) is 25.0 Å². The summed E-state index contributed by atoms with van der Waals surface area (Å²) in [7, 11) is 0. The molecule has 0 heterocycles. The van der Waals surface area contributed by atoms with E-state index in [1.54, 1.807) is 23.9 Å². The summed E-state index contributed by atoms with van der Waals surface area (Å²) in [6, 6.07) is 20.9. The third kappa shape index (κ3) is 19.1. The molecule has 0 aliphatic carbocycles. The Morgan fingerprint density at radius 1 is 0.733 bits per heavy atom. The fourth-order valence-corrected chi connectivity index (χ4v) is 3.09. The van der Waals surface area contributed by atoms with Gasteiger partial charge in [0, 0.05) is 36.7 Å². The first-order valence-electron chi connectivity index (χ1n) is 9.40. The largest absolute Gasteiger partial charge is 0.478 e. The molecule has 0 aromatic heterocycles. The number of rotatable bonds is 10. The Kier molecular flexibility index (Phi) is 18.5. The van der Waals surface area contributed by atoms with Crippen molar-refractivity contribution in [3.63, 3.8) is 0 Å². The van der Waals surface area contributed by atoms with Gasteiger partial charge >= 0.3 is 11.9 Å². The van der Waals surface area contributed by atoms with Crippen molar-refractivity contribution in [3.05, 3.63) is 83.9 Å². The van der Waals surface area contributed by atoms with E-state index in [4.69, 9.17) is 10.2 Å². The van der Waals surface area contributed by atoms with Crippen molar-refractivity contribution in [1.82, 2.24) is 9.44 Å². The highest BCUT2D eigenvalue weighted by atomic mass is 32.2. The Bertz CT molecular complexity index is 652. The van der Waals surface area contributed by atoms with Crippen LogP contribution in [-0.4, -0.2) is 35.2 Å². The SMILES string of the molecule is CCNSCc1ccccc1.CCNSCc1ccccc1.O=C(O)/C=C/C(=O)O. The predicted molar refractivity (Wildman–Crippen MR) is 127 cm³/mol. The Morgan fingerprint density at radius 3 is 1.33 bits per heavy atom. The van der Waals surface area contributed by atoms with Crippen LogP contribution < -0.4 is 9.44 Å². The Morgan fingerprint density at radius 2 is 1.07 bits per heavy atom. The highest BCUT2D eigenvalue weighted by Gasteiger charge is 1.90. The number of carboxylic acid groups (broad SMARTS) is 2. The molecule has 4 N–H and O–H groups in total. The maximum Gasteiger partial charge on any atom is 0.328 e. The van der Waals surface area contributed by atoms with Gasteiger partial charge in [0.15, 0.2) is 0 Å². The lowest BCUT2D eigenvalue weighted by molar-refractivity contribution is -0.134. The van der Waals surface area contributed by atoms with Crippen LogP contribution in [0, 0.1) is 0 Å². The fourth-order valence-electron chi connectivity index (χ4n) is 1.76. The second-order valence-electron chi connectivity index (χ2n) is 5.55. The third-order valence-electron chi connectivity index (χ3n) is 3.02. The molecule has 2 rings (SSSR count). The van der Waals surface area contributed by atoms with Gasteiger partial charge in [0.2, 0.25) is 0 Å². The topological polar surface area (TPSA) is 98.7 Å². The first-order chi connectivity index (χ1) is 14.5. The molecule has 2 aromatic rings. The van der Waals surface area contributed by atoms with Crippen molar-refractivity contribution in [2.75, 3.05) is 13.1 Å². The zero-order valence-corrected chi connectivity index (χ0v) is 18.9. The summed E-state index contributed by atoms with van der Waals surface area (Å²) in [5, 5.41) is 15.6. The first-order valence-corrected chi connectivity index (χ1v) is 11.4. The van der Waals surface area contributed by atoms with Crippen LogP contribution in [0.5, 0.6) is 0 Å². The summed E-state index contributed by atoms with van der Waals surface area (Å²) in [6.07, 6.45) is 1.12. The van der Waals surface area contributed by atoms with Crippen molar-refractivity contribution in [3.8, 4) is 0 Å². The zero-order valence-electron chi connectivity index (χ0n) is 17.3. The molecule has 0 bridgehead atoms. The van der Waals surface area contributed by atoms with Crippen LogP contribution in [-0.2, 0) is 21.1 Å². The molecule has 0 atom stereocenters. The fraction of sp³-hybridized carbons (Fsp3) is 0.273. The summed E-state index contributed by atoms with van der Waals surface area (Å²) in [5.41, 5.74) is 2.75. The minimum atomic E-state index is -1.26. The monoisotopic (exact) mass is 450 g/mol. The molecule has 0 aliphatic rings. The van der Waals surface area contributed by atoms with E-state index >= 15 is 0 Å². The Labute approximate surface area is 187 Å². The van der Waals surface area contributed by atoms with Gasteiger partial charge in [-0.2, -0.15) is 0 Å². The standard InChI is InChI=1S/2C9H13NS.C4H4O4/c2*1-2-10-11-8-9-6-4-3-5-7-9;5-3(6)1-2-4(7)8/h2*3-7,10H,2,8H2,1H3;1-2H,(H,5,6)(H,7,8)/b;;2-1+. The molecule has 30 heavy (non-hydrogen) atoms. The lowest BCUT2D eigenvalue weighted by Gasteiger charge is -1.99. The van der Waals surface area contributed by atoms with Crippen molar-refractivity contribution in [1.29, 1.82) is 0 Å². The van der Waals surface area contributed by atoms with Gasteiger partial charge in [-0.05, 0) is 11.1 Å². The van der Waals surface area contributed by atoms with E-state index < -0.39 is 11.9 Å². The van der Waals surface area contributed by atoms with Crippen LogP contribution in [0.25, 0.3) is 0 Å². The van der Waals surface area contributed by atoms with Crippen LogP contribution in [0.15, 0.2) is 72.8 Å². The Hall–Kier alpha value is -2.26. The first kappa shape index (κ1) is 27.7. The molecular formula is C22H30N2O4S2. The van der Waals surface area contributed by atoms with Crippen LogP contribution in [0.3, 0.4) is 0 Å². The molecule has 0 saturated heterocycles. The van der Waals surface area contributed by atoms with Gasteiger partial charge in [0.25, 0.3) is 0 Å². The Balaban J connectivity index is 0.000000428. The molecule has 0 fully saturated rings. The van der Waals surface area contributed by atoms with Crippen LogP contribution >= 0.6 is 23.9 Å². The van der Waals surface area contributed by atoms with E-state index in [0.717, 1.165) is 24.6 Å². The molecular weight excluding hydrogens is 420 g/mol. The highest BCUT2D eigenvalue weighted by molar-refractivity contribution is 7.96. The summed E-state index contributed by atoms with van der Waals surface area (Å²) < 4.78 is 6.43. The summed E-state index contributed by atoms with van der Waals surface area (Å²) >= 11 is 3.51. The predicted octanol–water partition coefficient (Wildman–Crippen LogP) is 4.60. The van der Waals surface area contributed by atoms with Gasteiger partial charge in [-0.15, -0.1) is 0 Å². The summed E-state index contributed by atoms with van der Waals surface area (Å²) in [4.78, 5) is 19.1. The van der Waals surface area contributed by atoms with Crippen LogP contribution in [0.2, 0.25) is 0 Å². The van der Waals surface area contributed by atoms with Gasteiger partial charge in [-0.25, -0.2) is 9.59 Å².